The van der Waals surface area contributed by atoms with Crippen LogP contribution in [0.2, 0.25) is 0 Å². The highest BCUT2D eigenvalue weighted by molar-refractivity contribution is 5.82. The van der Waals surface area contributed by atoms with Crippen LogP contribution in [0.5, 0.6) is 5.75 Å². The Bertz CT molecular complexity index is 465. The second-order valence-corrected chi connectivity index (χ2v) is 2.77. The summed E-state index contributed by atoms with van der Waals surface area (Å²) in [6, 6.07) is 3.78. The molecule has 0 atom stereocenters. The molecule has 8 heteroatoms. The van der Waals surface area contributed by atoms with Crippen LogP contribution in [-0.2, 0) is 0 Å². The van der Waals surface area contributed by atoms with E-state index in [-0.39, 0.29) is 5.96 Å². The Labute approximate surface area is 90.0 Å². The highest BCUT2D eigenvalue weighted by Gasteiger charge is 2.12. The molecule has 0 bridgehead atoms. The molecule has 0 aliphatic heterocycles. The van der Waals surface area contributed by atoms with Crippen molar-refractivity contribution in [2.24, 2.45) is 21.7 Å². The fourth-order valence-corrected chi connectivity index (χ4v) is 0.929. The summed E-state index contributed by atoms with van der Waals surface area (Å²) < 4.78 is 0. The molecule has 0 radical (unpaired) electrons. The summed E-state index contributed by atoms with van der Waals surface area (Å²) in [5.41, 5.74) is 10.0. The lowest BCUT2D eigenvalue weighted by Crippen LogP contribution is -2.21. The lowest BCUT2D eigenvalue weighted by Gasteiger charge is -1.96. The van der Waals surface area contributed by atoms with Crippen LogP contribution >= 0.6 is 0 Å². The minimum atomic E-state index is -0.701. The summed E-state index contributed by atoms with van der Waals surface area (Å²) in [4.78, 5) is 9.79. The van der Waals surface area contributed by atoms with Gasteiger partial charge in [-0.05, 0) is 12.1 Å². The number of phenolic OH excluding ortho intramolecular Hbond substituents is 1. The maximum Gasteiger partial charge on any atom is 0.311 e. The van der Waals surface area contributed by atoms with E-state index in [0.29, 0.717) is 5.56 Å². The van der Waals surface area contributed by atoms with E-state index in [1.165, 1.54) is 18.3 Å². The molecule has 0 amide bonds. The van der Waals surface area contributed by atoms with Gasteiger partial charge >= 0.3 is 5.69 Å². The van der Waals surface area contributed by atoms with Crippen LogP contribution < -0.4 is 11.5 Å². The Balaban J connectivity index is 3.00. The standard InChI is InChI=1S/C8H9N5O3/c9-8(10)12-11-4-5-1-2-7(14)6(3-5)13(15)16/h1-4,14H,(H4,9,10,12)/b11-4-. The number of nitro groups is 1. The summed E-state index contributed by atoms with van der Waals surface area (Å²) >= 11 is 0. The number of nitrogens with zero attached hydrogens (tertiary/aromatic N) is 3. The maximum atomic E-state index is 10.5. The third-order valence-corrected chi connectivity index (χ3v) is 1.58. The largest absolute Gasteiger partial charge is 0.502 e. The van der Waals surface area contributed by atoms with Gasteiger partial charge in [-0.25, -0.2) is 0 Å². The zero-order valence-corrected chi connectivity index (χ0v) is 8.07. The van der Waals surface area contributed by atoms with Gasteiger partial charge in [0, 0.05) is 11.6 Å². The zero-order valence-electron chi connectivity index (χ0n) is 8.07. The molecule has 5 N–H and O–H groups in total. The molecule has 0 saturated carbocycles. The fraction of sp³-hybridized carbons (Fsp3) is 0. The minimum Gasteiger partial charge on any atom is -0.502 e. The number of benzene rings is 1. The summed E-state index contributed by atoms with van der Waals surface area (Å²) in [6.07, 6.45) is 1.23. The first-order valence-electron chi connectivity index (χ1n) is 4.10. The van der Waals surface area contributed by atoms with Crippen molar-refractivity contribution in [3.8, 4) is 5.75 Å². The van der Waals surface area contributed by atoms with Crippen LogP contribution in [-0.4, -0.2) is 22.2 Å². The van der Waals surface area contributed by atoms with Gasteiger partial charge in [-0.1, -0.05) is 0 Å². The highest BCUT2D eigenvalue weighted by atomic mass is 16.6. The van der Waals surface area contributed by atoms with Gasteiger partial charge in [0.15, 0.2) is 5.75 Å². The first-order valence-corrected chi connectivity index (χ1v) is 4.10. The molecule has 0 aliphatic rings. The van der Waals surface area contributed by atoms with Crippen LogP contribution in [0.1, 0.15) is 5.56 Å². The van der Waals surface area contributed by atoms with Crippen molar-refractivity contribution in [2.75, 3.05) is 0 Å². The van der Waals surface area contributed by atoms with Gasteiger partial charge in [0.05, 0.1) is 11.1 Å². The van der Waals surface area contributed by atoms with E-state index in [4.69, 9.17) is 16.6 Å². The molecule has 0 saturated heterocycles. The Morgan fingerprint density at radius 2 is 2.19 bits per heavy atom. The quantitative estimate of drug-likeness (QED) is 0.284. The predicted molar refractivity (Wildman–Crippen MR) is 58.2 cm³/mol. The molecule has 1 aromatic rings. The van der Waals surface area contributed by atoms with Gasteiger partial charge < -0.3 is 16.6 Å². The van der Waals surface area contributed by atoms with E-state index in [0.717, 1.165) is 6.07 Å². The predicted octanol–water partition coefficient (Wildman–Crippen LogP) is -0.0923. The van der Waals surface area contributed by atoms with Crippen molar-refractivity contribution in [3.05, 3.63) is 33.9 Å². The van der Waals surface area contributed by atoms with Crippen LogP contribution in [0.3, 0.4) is 0 Å². The summed E-state index contributed by atoms with van der Waals surface area (Å²) in [7, 11) is 0. The summed E-state index contributed by atoms with van der Waals surface area (Å²) in [6.45, 7) is 0. The van der Waals surface area contributed by atoms with Crippen molar-refractivity contribution >= 4 is 17.9 Å². The lowest BCUT2D eigenvalue weighted by molar-refractivity contribution is -0.385. The van der Waals surface area contributed by atoms with Crippen LogP contribution in [0, 0.1) is 10.1 Å². The molecule has 0 aliphatic carbocycles. The van der Waals surface area contributed by atoms with Crippen molar-refractivity contribution in [3.63, 3.8) is 0 Å². The van der Waals surface area contributed by atoms with E-state index in [2.05, 4.69) is 10.2 Å². The molecule has 1 rings (SSSR count). The number of guanidine groups is 1. The van der Waals surface area contributed by atoms with Gasteiger partial charge in [-0.3, -0.25) is 10.1 Å². The number of nitro benzene ring substituents is 1. The molecule has 0 spiro atoms. The Morgan fingerprint density at radius 3 is 2.75 bits per heavy atom. The van der Waals surface area contributed by atoms with Crippen molar-refractivity contribution in [2.45, 2.75) is 0 Å². The first-order chi connectivity index (χ1) is 7.50. The van der Waals surface area contributed by atoms with E-state index in [9.17, 15) is 10.1 Å². The van der Waals surface area contributed by atoms with E-state index >= 15 is 0 Å². The molecule has 1 aromatic carbocycles. The molecule has 0 unspecified atom stereocenters. The lowest BCUT2D eigenvalue weighted by atomic mass is 10.2. The number of nitrogens with two attached hydrogens (primary N) is 2. The fourth-order valence-electron chi connectivity index (χ4n) is 0.929. The number of hydrogen-bond donors (Lipinski definition) is 3. The second-order valence-electron chi connectivity index (χ2n) is 2.77. The van der Waals surface area contributed by atoms with Gasteiger partial charge in [-0.15, -0.1) is 5.10 Å². The van der Waals surface area contributed by atoms with Crippen LogP contribution in [0.4, 0.5) is 5.69 Å². The van der Waals surface area contributed by atoms with E-state index in [1.807, 2.05) is 0 Å². The van der Waals surface area contributed by atoms with Crippen LogP contribution in [0.25, 0.3) is 0 Å². The average molecular weight is 223 g/mol. The number of aromatic hydroxyl groups is 1. The van der Waals surface area contributed by atoms with Crippen molar-refractivity contribution in [1.82, 2.24) is 0 Å². The minimum absolute atomic E-state index is 0.218. The summed E-state index contributed by atoms with van der Waals surface area (Å²) in [5.74, 6) is -0.631. The third-order valence-electron chi connectivity index (χ3n) is 1.58. The zero-order chi connectivity index (χ0) is 12.1. The molecular formula is C8H9N5O3. The summed E-state index contributed by atoms with van der Waals surface area (Å²) in [5, 5.41) is 26.5. The van der Waals surface area contributed by atoms with Gasteiger partial charge in [0.2, 0.25) is 5.96 Å². The van der Waals surface area contributed by atoms with Gasteiger partial charge in [0.25, 0.3) is 0 Å². The second kappa shape index (κ2) is 4.73. The normalized spacial score (nSPS) is 10.2. The number of rotatable bonds is 3. The van der Waals surface area contributed by atoms with Crippen molar-refractivity contribution in [1.29, 1.82) is 0 Å². The number of hydrogen-bond acceptors (Lipinski definition) is 5. The van der Waals surface area contributed by atoms with Gasteiger partial charge in [0.1, 0.15) is 0 Å². The Morgan fingerprint density at radius 1 is 1.50 bits per heavy atom. The van der Waals surface area contributed by atoms with Crippen molar-refractivity contribution < 1.29 is 10.0 Å². The Hall–Kier alpha value is -2.64. The molecule has 8 nitrogen and oxygen atoms in total. The molecule has 0 heterocycles. The maximum absolute atomic E-state index is 10.5. The average Bonchev–Trinajstić information content (AvgIpc) is 2.19. The topological polar surface area (TPSA) is 140 Å². The SMILES string of the molecule is NC(N)=N/N=C\c1ccc(O)c([N+](=O)[O-])c1. The van der Waals surface area contributed by atoms with Crippen LogP contribution in [0.15, 0.2) is 28.4 Å². The van der Waals surface area contributed by atoms with Gasteiger partial charge in [-0.2, -0.15) is 5.10 Å². The number of phenols is 1. The van der Waals surface area contributed by atoms with E-state index in [1.54, 1.807) is 0 Å². The first kappa shape index (κ1) is 11.4. The molecular weight excluding hydrogens is 214 g/mol. The Kier molecular flexibility index (Phi) is 3.38. The molecule has 0 fully saturated rings. The molecule has 84 valence electrons. The highest BCUT2D eigenvalue weighted by Crippen LogP contribution is 2.25. The van der Waals surface area contributed by atoms with E-state index < -0.39 is 16.4 Å². The molecule has 0 aromatic heterocycles. The monoisotopic (exact) mass is 223 g/mol. The smallest absolute Gasteiger partial charge is 0.311 e. The third kappa shape index (κ3) is 2.94. The molecule has 16 heavy (non-hydrogen) atoms.